The monoisotopic (exact) mass is 1950 g/mol. The molecule has 15 atom stereocenters. The molecular weight excluding hydrogens is 1820 g/mol. The van der Waals surface area contributed by atoms with Crippen LogP contribution >= 0.6 is 11.8 Å². The average Bonchev–Trinajstić information content (AvgIpc) is 1.62. The number of carbonyl (C=O) groups is 17. The molecule has 0 spiro atoms. The van der Waals surface area contributed by atoms with Crippen LogP contribution in [0.15, 0.2) is 91.6 Å². The molecule has 3 saturated heterocycles. The first-order chi connectivity index (χ1) is 66.3. The van der Waals surface area contributed by atoms with Gasteiger partial charge in [-0.2, -0.15) is 0 Å². The van der Waals surface area contributed by atoms with Gasteiger partial charge < -0.3 is 124 Å². The number of hydrogen-bond donors (Lipinski definition) is 18. The molecule has 6 aromatic rings. The van der Waals surface area contributed by atoms with Crippen LogP contribution in [0.2, 0.25) is 0 Å². The van der Waals surface area contributed by atoms with Crippen LogP contribution in [0, 0.1) is 23.2 Å². The van der Waals surface area contributed by atoms with Crippen molar-refractivity contribution in [1.29, 1.82) is 5.41 Å². The number of aliphatic hydroxyl groups is 2. The van der Waals surface area contributed by atoms with Crippen molar-refractivity contribution in [3.63, 3.8) is 0 Å². The summed E-state index contributed by atoms with van der Waals surface area (Å²) in [6, 6.07) is 0.700. The zero-order valence-corrected chi connectivity index (χ0v) is 81.1. The summed E-state index contributed by atoms with van der Waals surface area (Å²) >= 11 is 0.772. The third kappa shape index (κ3) is 30.2. The van der Waals surface area contributed by atoms with E-state index < -0.39 is 247 Å². The first kappa shape index (κ1) is 109. The highest BCUT2D eigenvalue weighted by molar-refractivity contribution is 8.00. The summed E-state index contributed by atoms with van der Waals surface area (Å²) in [5.41, 5.74) is 20.1. The number of unbranched alkanes of at least 4 members (excludes halogenated alkanes) is 2. The maximum Gasteiger partial charge on any atom is 0.246 e. The van der Waals surface area contributed by atoms with E-state index in [1.807, 2.05) is 26.0 Å². The predicted octanol–water partition coefficient (Wildman–Crippen LogP) is -0.436. The van der Waals surface area contributed by atoms with Gasteiger partial charge in [0, 0.05) is 137 Å². The molecule has 15 amide bonds. The van der Waals surface area contributed by atoms with Crippen LogP contribution in [0.25, 0.3) is 21.8 Å². The van der Waals surface area contributed by atoms with E-state index in [9.17, 15) is 39.0 Å². The van der Waals surface area contributed by atoms with Crippen LogP contribution in [-0.4, -0.2) is 319 Å². The molecule has 0 aliphatic carbocycles. The van der Waals surface area contributed by atoms with E-state index in [2.05, 4.69) is 67.8 Å². The van der Waals surface area contributed by atoms with Gasteiger partial charge in [-0.05, 0) is 112 Å². The van der Waals surface area contributed by atoms with Gasteiger partial charge in [0.25, 0.3) is 0 Å². The Balaban J connectivity index is 1.11. The number of thioether (sulfide) groups is 1. The number of Topliss-reactive ketones (excluding diaryl/α,β-unsaturated/α-hetero) is 2. The van der Waals surface area contributed by atoms with E-state index in [-0.39, 0.29) is 102 Å². The molecule has 0 saturated carbocycles. The van der Waals surface area contributed by atoms with Crippen LogP contribution < -0.4 is 74.5 Å². The number of fused-ring (bicyclic) bond motifs is 4. The summed E-state index contributed by atoms with van der Waals surface area (Å²) < 4.78 is 11.0. The summed E-state index contributed by atoms with van der Waals surface area (Å²) in [4.78, 5) is 271. The number of aliphatic hydroxyl groups excluding tert-OH is 2. The molecule has 6 heterocycles. The van der Waals surface area contributed by atoms with Crippen molar-refractivity contribution in [3.8, 4) is 11.5 Å². The third-order valence-corrected chi connectivity index (χ3v) is 26.5. The Kier molecular flexibility index (Phi) is 41.1. The van der Waals surface area contributed by atoms with E-state index in [1.165, 1.54) is 70.7 Å². The Labute approximate surface area is 809 Å². The maximum absolute atomic E-state index is 15.9. The number of rotatable bonds is 28. The minimum atomic E-state index is -1.78. The first-order valence-corrected chi connectivity index (χ1v) is 48.1. The molecule has 3 aliphatic heterocycles. The van der Waals surface area contributed by atoms with E-state index in [0.29, 0.717) is 75.6 Å². The summed E-state index contributed by atoms with van der Waals surface area (Å²) in [6.45, 7) is 6.24. The van der Waals surface area contributed by atoms with Gasteiger partial charge in [-0.1, -0.05) is 95.8 Å². The normalized spacial score (nSPS) is 24.5. The fourth-order valence-corrected chi connectivity index (χ4v) is 18.6. The number of guanidine groups is 1. The summed E-state index contributed by atoms with van der Waals surface area (Å²) in [5.74, 6) is -19.1. The van der Waals surface area contributed by atoms with Crippen LogP contribution in [0.5, 0.6) is 11.5 Å². The number of H-pyrrole nitrogens is 3. The zero-order valence-electron chi connectivity index (χ0n) is 80.3. The highest BCUT2D eigenvalue weighted by atomic mass is 32.2. The van der Waals surface area contributed by atoms with Crippen LogP contribution in [0.4, 0.5) is 0 Å². The number of imidazole rings is 1. The van der Waals surface area contributed by atoms with Gasteiger partial charge in [-0.3, -0.25) is 86.9 Å². The average molecular weight is 1950 g/mol. The molecule has 9 rings (SSSR count). The molecule has 3 aliphatic rings. The molecule has 0 bridgehead atoms. The Morgan fingerprint density at radius 1 is 0.583 bits per heavy atom. The van der Waals surface area contributed by atoms with Crippen molar-refractivity contribution in [1.82, 2.24) is 92.3 Å². The molecule has 139 heavy (non-hydrogen) atoms. The second-order valence-corrected chi connectivity index (χ2v) is 37.1. The summed E-state index contributed by atoms with van der Waals surface area (Å²) in [6.07, 6.45) is 3.02. The van der Waals surface area contributed by atoms with Gasteiger partial charge >= 0.3 is 0 Å². The van der Waals surface area contributed by atoms with Gasteiger partial charge in [0.2, 0.25) is 88.6 Å². The van der Waals surface area contributed by atoms with Crippen LogP contribution in [-0.2, 0) is 107 Å². The molecule has 0 radical (unpaired) electrons. The Hall–Kier alpha value is -13.5. The molecule has 43 nitrogen and oxygen atoms in total. The largest absolute Gasteiger partial charge is 0.493 e. The Bertz CT molecular complexity index is 5360. The van der Waals surface area contributed by atoms with Gasteiger partial charge in [-0.15, -0.1) is 11.8 Å². The quantitative estimate of drug-likeness (QED) is 0.0168. The lowest BCUT2D eigenvalue weighted by Gasteiger charge is -2.36. The number of aromatic nitrogens is 4. The maximum atomic E-state index is 15.9. The molecule has 44 heteroatoms. The molecular formula is C95H134N22O21S. The number of methoxy groups -OCH3 is 2. The lowest BCUT2D eigenvalue weighted by Crippen LogP contribution is -2.60. The molecule has 21 N–H and O–H groups in total. The number of ether oxygens (including phenoxy) is 2. The highest BCUT2D eigenvalue weighted by Gasteiger charge is 2.47. The number of benzene rings is 3. The molecule has 3 fully saturated rings. The standard InChI is InChI=1S/C95H134N22O21S/c1-11-13-26-72-88(130)107-65(25-19-31-101-95(98)99)86(128)112-71(85(127)104-46-81(97)123)49-139-50-82(124)106-68(34-54-29-30-78(137-9)79(35-54)138-10)91(133)113(6)53(5)83(125)109-69(42-80(96)122)92(134)116-32-20-28-73(116)89(131)108-66(40-59-45-100-51-105-59)87(129)110-67(33-52(3)4)93(135)117-47-60(119)41-75(117)77(121)38-55(36-57-43-102-63-23-17-15-21-61(57)63)84(126)111-70(48-118)76(120)39-56(37-58-44-103-64-24-18-16-22-62(58)64)90(132)115(8)74(27-14-12-2)94(136)114(72)7/h15-18,21-24,29-30,35,43-45,51-53,55-56,60,65-75,102-103,118-119H,11-14,19-20,25-28,31-34,36-42,46-50H2,1-10H3,(H2,96,122)(H2,97,123)(H,100,105)(H,104,127)(H,106,124)(H,107,130)(H,108,131)(H,109,125)(H,110,129)(H,111,126)(H,112,128)(H4,98,99,101)/t53-,55+,56+,60+,65-,66-,67-,68-,69-,70-,71-,72-,73-,74-,75-/m0/s1. The number of para-hydroxylation sites is 2. The van der Waals surface area contributed by atoms with E-state index in [0.717, 1.165) is 26.5 Å². The number of likely N-dealkylation sites (N-methyl/N-ethyl adjacent to an activating group) is 3. The zero-order chi connectivity index (χ0) is 102. The van der Waals surface area contributed by atoms with E-state index in [4.69, 9.17) is 32.1 Å². The highest BCUT2D eigenvalue weighted by Crippen LogP contribution is 2.33. The number of aromatic amines is 3. The smallest absolute Gasteiger partial charge is 0.246 e. The fraction of sp³-hybridized carbons (Fsp3) is 0.547. The Morgan fingerprint density at radius 3 is 1.79 bits per heavy atom. The van der Waals surface area contributed by atoms with Gasteiger partial charge in [0.15, 0.2) is 29.0 Å². The molecule has 756 valence electrons. The van der Waals surface area contributed by atoms with Crippen LogP contribution in [0.3, 0.4) is 0 Å². The molecule has 3 aromatic carbocycles. The second kappa shape index (κ2) is 52.3. The number of nitrogens with two attached hydrogens (primary N) is 3. The third-order valence-electron chi connectivity index (χ3n) is 25.4. The van der Waals surface area contributed by atoms with Crippen molar-refractivity contribution in [2.24, 2.45) is 35.0 Å². The number of primary amides is 2. The van der Waals surface area contributed by atoms with Crippen molar-refractivity contribution >= 4 is 140 Å². The van der Waals surface area contributed by atoms with Crippen molar-refractivity contribution in [2.75, 3.05) is 79.7 Å². The number of hydrogen-bond acceptors (Lipinski definition) is 24. The van der Waals surface area contributed by atoms with Crippen molar-refractivity contribution < 1.29 is 101 Å². The van der Waals surface area contributed by atoms with Gasteiger partial charge in [-0.25, -0.2) is 4.98 Å². The minimum Gasteiger partial charge on any atom is -0.493 e. The SMILES string of the molecule is CCCC[C@H]1C(=O)N(C)[C@@H](CCCC)C(=O)N[C@@H](CCCNC(=N)N)C(=O)N[C@H](C(=O)NCC(N)=O)CSCC(=O)N[C@@H](Cc2ccc(OC)c(OC)c2)C(=O)N(C)[C@@H](C)C(=O)N[C@@H](CC(N)=O)C(=O)N2CCC[C@H]2C(=O)N[C@@H](Cc2cnc[nH]2)C(=O)N[C@@H](CC(C)C)C(=O)N2C[C@H](O)C[C@H]2C(=O)C[C@@H](Cc2c[nH]c3ccccc23)C(=O)N[C@@H](CO)C(=O)C[C@@H](Cc2c[nH]c3ccccc23)C(=O)N1C. The minimum absolute atomic E-state index is 0.00601. The summed E-state index contributed by atoms with van der Waals surface area (Å²) in [7, 11) is 6.76. The molecule has 0 unspecified atom stereocenters. The second-order valence-electron chi connectivity index (χ2n) is 36.1. The van der Waals surface area contributed by atoms with Gasteiger partial charge in [0.1, 0.15) is 66.5 Å². The molecule has 3 aromatic heterocycles. The lowest BCUT2D eigenvalue weighted by molar-refractivity contribution is -0.150. The van der Waals surface area contributed by atoms with Crippen LogP contribution in [0.1, 0.15) is 153 Å². The number of carbonyl (C=O) groups excluding carboxylic acids is 17. The number of ketones is 2. The predicted molar refractivity (Wildman–Crippen MR) is 514 cm³/mol. The lowest BCUT2D eigenvalue weighted by atomic mass is 9.88. The topological polar surface area (TPSA) is 636 Å². The van der Waals surface area contributed by atoms with E-state index in [1.54, 1.807) is 74.8 Å². The van der Waals surface area contributed by atoms with Gasteiger partial charge in [0.05, 0.1) is 58.0 Å². The van der Waals surface area contributed by atoms with Crippen molar-refractivity contribution in [3.05, 3.63) is 114 Å². The summed E-state index contributed by atoms with van der Waals surface area (Å²) in [5, 5.41) is 56.0. The first-order valence-electron chi connectivity index (χ1n) is 46.9. The van der Waals surface area contributed by atoms with Crippen molar-refractivity contribution in [2.45, 2.75) is 235 Å². The number of nitrogens with one attached hydrogen (secondary N) is 13. The Morgan fingerprint density at radius 2 is 1.18 bits per heavy atom. The fourth-order valence-electron chi connectivity index (χ4n) is 17.7. The number of nitrogens with zero attached hydrogens (tertiary/aromatic N) is 6. The number of amides is 15. The van der Waals surface area contributed by atoms with E-state index >= 15 is 52.7 Å².